The van der Waals surface area contributed by atoms with Crippen molar-refractivity contribution in [2.24, 2.45) is 0 Å². The van der Waals surface area contributed by atoms with E-state index >= 15 is 0 Å². The van der Waals surface area contributed by atoms with Crippen LogP contribution >= 0.6 is 0 Å². The number of rotatable bonds is 3. The second kappa shape index (κ2) is 5.77. The van der Waals surface area contributed by atoms with Crippen molar-refractivity contribution in [3.8, 4) is 0 Å². The molecule has 0 radical (unpaired) electrons. The van der Waals surface area contributed by atoms with Gasteiger partial charge in [0.1, 0.15) is 0 Å². The topological polar surface area (TPSA) is 38.8 Å². The number of likely N-dealkylation sites (tertiary alicyclic amines) is 1. The zero-order valence-corrected chi connectivity index (χ0v) is 12.8. The van der Waals surface area contributed by atoms with Gasteiger partial charge >= 0.3 is 0 Å². The van der Waals surface area contributed by atoms with Crippen LogP contribution in [0.2, 0.25) is 0 Å². The van der Waals surface area contributed by atoms with Gasteiger partial charge in [-0.15, -0.1) is 0 Å². The van der Waals surface area contributed by atoms with Crippen molar-refractivity contribution >= 4 is 5.91 Å². The predicted octanol–water partition coefficient (Wildman–Crippen LogP) is -0.167. The summed E-state index contributed by atoms with van der Waals surface area (Å²) in [5.74, 6) is 0.259. The van der Waals surface area contributed by atoms with Gasteiger partial charge in [0, 0.05) is 45.8 Å². The van der Waals surface area contributed by atoms with E-state index in [4.69, 9.17) is 0 Å². The van der Waals surface area contributed by atoms with Gasteiger partial charge in [0.2, 0.25) is 5.91 Å². The van der Waals surface area contributed by atoms with E-state index in [1.807, 2.05) is 11.9 Å². The Kier molecular flexibility index (Phi) is 4.48. The first-order valence-electron chi connectivity index (χ1n) is 7.34. The number of piperazine rings is 1. The molecule has 0 spiro atoms. The quantitative estimate of drug-likeness (QED) is 0.771. The molecule has 2 aliphatic heterocycles. The summed E-state index contributed by atoms with van der Waals surface area (Å²) in [6.45, 7) is 10.1. The van der Waals surface area contributed by atoms with Crippen LogP contribution in [0.1, 0.15) is 20.3 Å². The highest BCUT2D eigenvalue weighted by Gasteiger charge is 2.39. The molecule has 0 aromatic heterocycles. The highest BCUT2D eigenvalue weighted by Crippen LogP contribution is 2.21. The van der Waals surface area contributed by atoms with Gasteiger partial charge in [0.15, 0.2) is 0 Å². The molecule has 1 atom stereocenters. The standard InChI is InChI=1S/C14H28N4O/c1-14(2,18-9-6-15-7-10-18)13(19)17(4)12-5-8-16(3)11-12/h12,15H,5-11H2,1-4H3. The highest BCUT2D eigenvalue weighted by molar-refractivity contribution is 5.85. The van der Waals surface area contributed by atoms with Crippen molar-refractivity contribution in [1.82, 2.24) is 20.0 Å². The second-order valence-corrected chi connectivity index (χ2v) is 6.42. The zero-order chi connectivity index (χ0) is 14.0. The third-order valence-electron chi connectivity index (χ3n) is 4.67. The average Bonchev–Trinajstić information content (AvgIpc) is 2.84. The molecule has 19 heavy (non-hydrogen) atoms. The third kappa shape index (κ3) is 3.09. The molecular formula is C14H28N4O. The molecule has 2 saturated heterocycles. The summed E-state index contributed by atoms with van der Waals surface area (Å²) in [5, 5.41) is 3.34. The van der Waals surface area contributed by atoms with E-state index < -0.39 is 5.54 Å². The molecular weight excluding hydrogens is 240 g/mol. The lowest BCUT2D eigenvalue weighted by molar-refractivity contribution is -0.143. The lowest BCUT2D eigenvalue weighted by atomic mass is 9.98. The Balaban J connectivity index is 2.00. The number of carbonyl (C=O) groups excluding carboxylic acids is 1. The Morgan fingerprint density at radius 2 is 1.89 bits per heavy atom. The maximum absolute atomic E-state index is 12.8. The van der Waals surface area contributed by atoms with Crippen LogP contribution in [-0.2, 0) is 4.79 Å². The van der Waals surface area contributed by atoms with Crippen molar-refractivity contribution < 1.29 is 4.79 Å². The number of carbonyl (C=O) groups is 1. The van der Waals surface area contributed by atoms with Crippen molar-refractivity contribution in [1.29, 1.82) is 0 Å². The Morgan fingerprint density at radius 1 is 1.26 bits per heavy atom. The molecule has 0 saturated carbocycles. The first-order chi connectivity index (χ1) is 8.93. The number of likely N-dealkylation sites (N-methyl/N-ethyl adjacent to an activating group) is 2. The highest BCUT2D eigenvalue weighted by atomic mass is 16.2. The molecule has 2 aliphatic rings. The minimum atomic E-state index is -0.391. The molecule has 1 amide bonds. The van der Waals surface area contributed by atoms with Crippen LogP contribution < -0.4 is 5.32 Å². The zero-order valence-electron chi connectivity index (χ0n) is 12.8. The van der Waals surface area contributed by atoms with Gasteiger partial charge in [0.25, 0.3) is 0 Å². The summed E-state index contributed by atoms with van der Waals surface area (Å²) >= 11 is 0. The van der Waals surface area contributed by atoms with Gasteiger partial charge in [-0.2, -0.15) is 0 Å². The van der Waals surface area contributed by atoms with E-state index in [9.17, 15) is 4.79 Å². The normalized spacial score (nSPS) is 26.6. The molecule has 1 N–H and O–H groups in total. The van der Waals surface area contributed by atoms with E-state index in [-0.39, 0.29) is 5.91 Å². The largest absolute Gasteiger partial charge is 0.340 e. The van der Waals surface area contributed by atoms with Gasteiger partial charge in [0.05, 0.1) is 5.54 Å². The van der Waals surface area contributed by atoms with Crippen molar-refractivity contribution in [2.75, 3.05) is 53.4 Å². The SMILES string of the molecule is CN1CCC(N(C)C(=O)C(C)(C)N2CCNCC2)C1. The fourth-order valence-electron chi connectivity index (χ4n) is 3.18. The van der Waals surface area contributed by atoms with Gasteiger partial charge in [-0.1, -0.05) is 0 Å². The van der Waals surface area contributed by atoms with Gasteiger partial charge in [-0.3, -0.25) is 9.69 Å². The molecule has 0 aliphatic carbocycles. The van der Waals surface area contributed by atoms with Crippen LogP contribution in [0.5, 0.6) is 0 Å². The van der Waals surface area contributed by atoms with Gasteiger partial charge in [-0.25, -0.2) is 0 Å². The summed E-state index contributed by atoms with van der Waals surface area (Å²) in [5.41, 5.74) is -0.391. The minimum absolute atomic E-state index is 0.259. The van der Waals surface area contributed by atoms with E-state index in [1.165, 1.54) is 0 Å². The summed E-state index contributed by atoms with van der Waals surface area (Å²) in [6.07, 6.45) is 1.09. The second-order valence-electron chi connectivity index (χ2n) is 6.42. The summed E-state index contributed by atoms with van der Waals surface area (Å²) in [4.78, 5) is 19.4. The number of amides is 1. The van der Waals surface area contributed by atoms with Crippen LogP contribution in [0.25, 0.3) is 0 Å². The lowest BCUT2D eigenvalue weighted by Crippen LogP contribution is -2.61. The molecule has 2 fully saturated rings. The van der Waals surface area contributed by atoms with Crippen LogP contribution in [0.15, 0.2) is 0 Å². The van der Waals surface area contributed by atoms with Gasteiger partial charge < -0.3 is 15.1 Å². The van der Waals surface area contributed by atoms with E-state index in [0.717, 1.165) is 45.7 Å². The molecule has 0 bridgehead atoms. The average molecular weight is 268 g/mol. The maximum atomic E-state index is 12.8. The molecule has 2 rings (SSSR count). The third-order valence-corrected chi connectivity index (χ3v) is 4.67. The Labute approximate surface area is 116 Å². The Bertz CT molecular complexity index is 325. The summed E-state index contributed by atoms with van der Waals surface area (Å²) in [7, 11) is 4.09. The van der Waals surface area contributed by atoms with Crippen molar-refractivity contribution in [3.05, 3.63) is 0 Å². The summed E-state index contributed by atoms with van der Waals surface area (Å²) in [6, 6.07) is 0.375. The minimum Gasteiger partial charge on any atom is -0.340 e. The predicted molar refractivity (Wildman–Crippen MR) is 77.2 cm³/mol. The van der Waals surface area contributed by atoms with E-state index in [1.54, 1.807) is 0 Å². The van der Waals surface area contributed by atoms with Crippen LogP contribution in [0.3, 0.4) is 0 Å². The van der Waals surface area contributed by atoms with E-state index in [2.05, 4.69) is 36.0 Å². The van der Waals surface area contributed by atoms with Crippen LogP contribution in [-0.4, -0.2) is 85.6 Å². The van der Waals surface area contributed by atoms with Crippen LogP contribution in [0, 0.1) is 0 Å². The molecule has 5 nitrogen and oxygen atoms in total. The number of nitrogens with one attached hydrogen (secondary N) is 1. The monoisotopic (exact) mass is 268 g/mol. The molecule has 0 aromatic carbocycles. The van der Waals surface area contributed by atoms with Crippen LogP contribution in [0.4, 0.5) is 0 Å². The molecule has 110 valence electrons. The van der Waals surface area contributed by atoms with Crippen molar-refractivity contribution in [3.63, 3.8) is 0 Å². The molecule has 0 aromatic rings. The first kappa shape index (κ1) is 14.8. The Morgan fingerprint density at radius 3 is 2.42 bits per heavy atom. The van der Waals surface area contributed by atoms with Crippen molar-refractivity contribution in [2.45, 2.75) is 31.8 Å². The lowest BCUT2D eigenvalue weighted by Gasteiger charge is -2.42. The fourth-order valence-corrected chi connectivity index (χ4v) is 3.18. The fraction of sp³-hybridized carbons (Fsp3) is 0.929. The number of nitrogens with zero attached hydrogens (tertiary/aromatic N) is 3. The Hall–Kier alpha value is -0.650. The molecule has 2 heterocycles. The molecule has 5 heteroatoms. The summed E-state index contributed by atoms with van der Waals surface area (Å²) < 4.78 is 0. The number of hydrogen-bond donors (Lipinski definition) is 1. The smallest absolute Gasteiger partial charge is 0.242 e. The molecule has 1 unspecified atom stereocenters. The number of hydrogen-bond acceptors (Lipinski definition) is 4. The van der Waals surface area contributed by atoms with Gasteiger partial charge in [-0.05, 0) is 33.9 Å². The maximum Gasteiger partial charge on any atom is 0.242 e. The van der Waals surface area contributed by atoms with E-state index in [0.29, 0.717) is 6.04 Å². The first-order valence-corrected chi connectivity index (χ1v) is 7.34.